The van der Waals surface area contributed by atoms with Crippen LogP contribution in [0.15, 0.2) is 36.5 Å². The summed E-state index contributed by atoms with van der Waals surface area (Å²) in [5, 5.41) is 13.9. The van der Waals surface area contributed by atoms with Crippen molar-refractivity contribution in [1.82, 2.24) is 4.98 Å². The van der Waals surface area contributed by atoms with Gasteiger partial charge in [0.05, 0.1) is 22.9 Å². The van der Waals surface area contributed by atoms with Gasteiger partial charge in [-0.15, -0.1) is 0 Å². The van der Waals surface area contributed by atoms with E-state index in [1.807, 2.05) is 6.92 Å². The minimum Gasteiger partial charge on any atom is -0.377 e. The van der Waals surface area contributed by atoms with E-state index in [1.54, 1.807) is 25.1 Å². The topological polar surface area (TPSA) is 68.1 Å². The van der Waals surface area contributed by atoms with Gasteiger partial charge in [-0.2, -0.15) is 0 Å². The molecule has 0 aliphatic rings. The van der Waals surface area contributed by atoms with Crippen molar-refractivity contribution in [1.29, 1.82) is 0 Å². The fraction of sp³-hybridized carbons (Fsp3) is 0.214. The summed E-state index contributed by atoms with van der Waals surface area (Å²) >= 11 is 0. The lowest BCUT2D eigenvalue weighted by molar-refractivity contribution is -0.385. The molecule has 1 N–H and O–H groups in total. The summed E-state index contributed by atoms with van der Waals surface area (Å²) in [5.41, 5.74) is 2.12. The highest BCUT2D eigenvalue weighted by molar-refractivity contribution is 5.54. The van der Waals surface area contributed by atoms with Gasteiger partial charge in [0.2, 0.25) is 0 Å². The zero-order valence-electron chi connectivity index (χ0n) is 11.1. The second kappa shape index (κ2) is 5.64. The number of pyridine rings is 1. The normalized spacial score (nSPS) is 11.9. The molecule has 5 nitrogen and oxygen atoms in total. The molecule has 2 rings (SSSR count). The van der Waals surface area contributed by atoms with Gasteiger partial charge in [-0.3, -0.25) is 15.1 Å². The van der Waals surface area contributed by atoms with Crippen LogP contribution in [0.3, 0.4) is 0 Å². The van der Waals surface area contributed by atoms with Crippen molar-refractivity contribution in [3.63, 3.8) is 0 Å². The Labute approximate surface area is 115 Å². The third-order valence-electron chi connectivity index (χ3n) is 2.97. The smallest absolute Gasteiger partial charge is 0.272 e. The fourth-order valence-corrected chi connectivity index (χ4v) is 1.92. The van der Waals surface area contributed by atoms with E-state index in [2.05, 4.69) is 10.3 Å². The van der Waals surface area contributed by atoms with Gasteiger partial charge in [-0.05, 0) is 38.1 Å². The molecule has 0 aliphatic carbocycles. The highest BCUT2D eigenvalue weighted by Gasteiger charge is 2.12. The first-order valence-corrected chi connectivity index (χ1v) is 6.10. The van der Waals surface area contributed by atoms with Crippen LogP contribution in [0.4, 0.5) is 15.8 Å². The van der Waals surface area contributed by atoms with E-state index in [9.17, 15) is 14.5 Å². The van der Waals surface area contributed by atoms with Crippen LogP contribution in [0.5, 0.6) is 0 Å². The number of anilines is 1. The van der Waals surface area contributed by atoms with Gasteiger partial charge in [0, 0.05) is 17.3 Å². The molecule has 104 valence electrons. The Morgan fingerprint density at radius 2 is 2.10 bits per heavy atom. The zero-order valence-corrected chi connectivity index (χ0v) is 11.1. The van der Waals surface area contributed by atoms with Crippen molar-refractivity contribution in [2.75, 3.05) is 5.32 Å². The van der Waals surface area contributed by atoms with Crippen LogP contribution in [0, 0.1) is 22.9 Å². The van der Waals surface area contributed by atoms with Crippen LogP contribution < -0.4 is 5.32 Å². The number of halogens is 1. The molecule has 0 saturated heterocycles. The largest absolute Gasteiger partial charge is 0.377 e. The molecule has 2 aromatic rings. The molecule has 20 heavy (non-hydrogen) atoms. The van der Waals surface area contributed by atoms with Crippen LogP contribution in [0.1, 0.15) is 24.2 Å². The third kappa shape index (κ3) is 3.09. The first kappa shape index (κ1) is 13.9. The SMILES string of the molecule is Cc1cc(NC(C)c2ccc(F)cn2)ccc1[N+](=O)[O-]. The number of rotatable bonds is 4. The Bertz CT molecular complexity index is 629. The first-order chi connectivity index (χ1) is 9.47. The van der Waals surface area contributed by atoms with E-state index < -0.39 is 4.92 Å². The van der Waals surface area contributed by atoms with Crippen LogP contribution in [-0.2, 0) is 0 Å². The number of nitrogens with zero attached hydrogens (tertiary/aromatic N) is 2. The Morgan fingerprint density at radius 1 is 1.35 bits per heavy atom. The number of aryl methyl sites for hydroxylation is 1. The van der Waals surface area contributed by atoms with E-state index >= 15 is 0 Å². The lowest BCUT2D eigenvalue weighted by atomic mass is 10.1. The van der Waals surface area contributed by atoms with E-state index in [0.29, 0.717) is 11.3 Å². The number of hydrogen-bond acceptors (Lipinski definition) is 4. The van der Waals surface area contributed by atoms with Gasteiger partial charge in [0.1, 0.15) is 5.82 Å². The average Bonchev–Trinajstić information content (AvgIpc) is 2.39. The van der Waals surface area contributed by atoms with Crippen LogP contribution >= 0.6 is 0 Å². The maximum absolute atomic E-state index is 12.8. The molecular weight excluding hydrogens is 261 g/mol. The third-order valence-corrected chi connectivity index (χ3v) is 2.97. The van der Waals surface area contributed by atoms with Crippen molar-refractivity contribution < 1.29 is 9.31 Å². The van der Waals surface area contributed by atoms with Gasteiger partial charge < -0.3 is 5.32 Å². The fourth-order valence-electron chi connectivity index (χ4n) is 1.92. The molecule has 0 radical (unpaired) electrons. The first-order valence-electron chi connectivity index (χ1n) is 6.10. The minimum absolute atomic E-state index is 0.0862. The minimum atomic E-state index is -0.413. The molecule has 0 spiro atoms. The van der Waals surface area contributed by atoms with Crippen molar-refractivity contribution in [3.8, 4) is 0 Å². The molecule has 1 aromatic carbocycles. The van der Waals surface area contributed by atoms with E-state index in [-0.39, 0.29) is 17.5 Å². The standard InChI is InChI=1S/C14H14FN3O2/c1-9-7-12(4-6-14(9)18(19)20)17-10(2)13-5-3-11(15)8-16-13/h3-8,10,17H,1-2H3. The molecule has 0 saturated carbocycles. The second-order valence-corrected chi connectivity index (χ2v) is 4.53. The summed E-state index contributed by atoms with van der Waals surface area (Å²) in [6, 6.07) is 7.63. The summed E-state index contributed by atoms with van der Waals surface area (Å²) < 4.78 is 12.8. The number of hydrogen-bond donors (Lipinski definition) is 1. The molecule has 1 aromatic heterocycles. The Balaban J connectivity index is 2.15. The molecule has 1 unspecified atom stereocenters. The lowest BCUT2D eigenvalue weighted by Gasteiger charge is -2.15. The number of aromatic nitrogens is 1. The molecule has 0 aliphatic heterocycles. The van der Waals surface area contributed by atoms with E-state index in [1.165, 1.54) is 12.1 Å². The van der Waals surface area contributed by atoms with Crippen molar-refractivity contribution in [3.05, 3.63) is 63.7 Å². The van der Waals surface area contributed by atoms with Gasteiger partial charge >= 0.3 is 0 Å². The average molecular weight is 275 g/mol. The molecule has 1 heterocycles. The summed E-state index contributed by atoms with van der Waals surface area (Å²) in [4.78, 5) is 14.3. The predicted octanol–water partition coefficient (Wildman–Crippen LogP) is 3.61. The van der Waals surface area contributed by atoms with Crippen LogP contribution in [0.25, 0.3) is 0 Å². The summed E-state index contributed by atoms with van der Waals surface area (Å²) in [6.45, 7) is 3.57. The molecule has 0 amide bonds. The summed E-state index contributed by atoms with van der Waals surface area (Å²) in [6.07, 6.45) is 1.16. The van der Waals surface area contributed by atoms with Gasteiger partial charge in [0.25, 0.3) is 5.69 Å². The Kier molecular flexibility index (Phi) is 3.93. The Hall–Kier alpha value is -2.50. The zero-order chi connectivity index (χ0) is 14.7. The molecular formula is C14H14FN3O2. The molecule has 1 atom stereocenters. The Morgan fingerprint density at radius 3 is 2.65 bits per heavy atom. The second-order valence-electron chi connectivity index (χ2n) is 4.53. The number of nitrogens with one attached hydrogen (secondary N) is 1. The quantitative estimate of drug-likeness (QED) is 0.683. The van der Waals surface area contributed by atoms with Crippen molar-refractivity contribution in [2.45, 2.75) is 19.9 Å². The van der Waals surface area contributed by atoms with E-state index in [0.717, 1.165) is 11.9 Å². The monoisotopic (exact) mass is 275 g/mol. The molecule has 0 bridgehead atoms. The molecule has 0 fully saturated rings. The summed E-state index contributed by atoms with van der Waals surface area (Å²) in [5.74, 6) is -0.382. The maximum Gasteiger partial charge on any atom is 0.272 e. The van der Waals surface area contributed by atoms with E-state index in [4.69, 9.17) is 0 Å². The van der Waals surface area contributed by atoms with Crippen molar-refractivity contribution >= 4 is 11.4 Å². The summed E-state index contributed by atoms with van der Waals surface area (Å²) in [7, 11) is 0. The van der Waals surface area contributed by atoms with Gasteiger partial charge in [0.15, 0.2) is 0 Å². The lowest BCUT2D eigenvalue weighted by Crippen LogP contribution is -2.08. The van der Waals surface area contributed by atoms with Gasteiger partial charge in [-0.1, -0.05) is 0 Å². The highest BCUT2D eigenvalue weighted by atomic mass is 19.1. The van der Waals surface area contributed by atoms with Crippen LogP contribution in [-0.4, -0.2) is 9.91 Å². The molecule has 6 heteroatoms. The van der Waals surface area contributed by atoms with Crippen molar-refractivity contribution in [2.24, 2.45) is 0 Å². The number of nitro groups is 1. The maximum atomic E-state index is 12.8. The van der Waals surface area contributed by atoms with Gasteiger partial charge in [-0.25, -0.2) is 4.39 Å². The predicted molar refractivity (Wildman–Crippen MR) is 74.1 cm³/mol. The number of benzene rings is 1. The van der Waals surface area contributed by atoms with Crippen LogP contribution in [0.2, 0.25) is 0 Å². The number of nitro benzene ring substituents is 1. The highest BCUT2D eigenvalue weighted by Crippen LogP contribution is 2.24.